The minimum Gasteiger partial charge on any atom is -0.393 e. The van der Waals surface area contributed by atoms with E-state index in [0.29, 0.717) is 25.7 Å². The zero-order valence-electron chi connectivity index (χ0n) is 10.9. The first-order valence-electron chi connectivity index (χ1n) is 6.56. The summed E-state index contributed by atoms with van der Waals surface area (Å²) >= 11 is 0. The topological polar surface area (TPSA) is 74.6 Å². The Labute approximate surface area is 105 Å². The molecule has 17 heavy (non-hydrogen) atoms. The third-order valence-corrected chi connectivity index (χ3v) is 4.41. The third-order valence-electron chi connectivity index (χ3n) is 3.09. The van der Waals surface area contributed by atoms with E-state index in [9.17, 15) is 13.5 Å². The van der Waals surface area contributed by atoms with E-state index in [-0.39, 0.29) is 0 Å². The summed E-state index contributed by atoms with van der Waals surface area (Å²) < 4.78 is 31.5. The molecule has 0 bridgehead atoms. The second kappa shape index (κ2) is 8.89. The molecule has 0 aromatic heterocycles. The Balaban J connectivity index is 4.08. The minimum absolute atomic E-state index is 0.347. The van der Waals surface area contributed by atoms with Crippen molar-refractivity contribution in [2.45, 2.75) is 76.6 Å². The molecule has 0 aliphatic rings. The van der Waals surface area contributed by atoms with Crippen LogP contribution in [0, 0.1) is 0 Å². The van der Waals surface area contributed by atoms with E-state index in [2.05, 4.69) is 6.92 Å². The van der Waals surface area contributed by atoms with Crippen molar-refractivity contribution < 1.29 is 18.1 Å². The maximum Gasteiger partial charge on any atom is 0.267 e. The van der Waals surface area contributed by atoms with Crippen LogP contribution in [0.1, 0.15) is 65.2 Å². The molecule has 104 valence electrons. The molecule has 0 heterocycles. The molecule has 0 aromatic carbocycles. The van der Waals surface area contributed by atoms with Gasteiger partial charge in [0.2, 0.25) is 0 Å². The first-order chi connectivity index (χ1) is 7.91. The molecule has 4 nitrogen and oxygen atoms in total. The van der Waals surface area contributed by atoms with E-state index >= 15 is 0 Å². The molecule has 0 amide bonds. The predicted molar refractivity (Wildman–Crippen MR) is 69.6 cm³/mol. The summed E-state index contributed by atoms with van der Waals surface area (Å²) in [6, 6.07) is 0. The van der Waals surface area contributed by atoms with Gasteiger partial charge in [0.05, 0.1) is 11.4 Å². The lowest BCUT2D eigenvalue weighted by atomic mass is 10.0. The molecule has 2 unspecified atom stereocenters. The second-order valence-electron chi connectivity index (χ2n) is 4.63. The lowest BCUT2D eigenvalue weighted by Crippen LogP contribution is -2.22. The SMILES string of the molecule is CCCCCCC(CCC(O)CC)S(=O)(=O)O. The van der Waals surface area contributed by atoms with Crippen LogP contribution >= 0.6 is 0 Å². The highest BCUT2D eigenvalue weighted by molar-refractivity contribution is 7.86. The van der Waals surface area contributed by atoms with E-state index in [1.54, 1.807) is 0 Å². The maximum atomic E-state index is 11.2. The van der Waals surface area contributed by atoms with Crippen LogP contribution in [0.4, 0.5) is 0 Å². The maximum absolute atomic E-state index is 11.2. The molecule has 0 aromatic rings. The van der Waals surface area contributed by atoms with Gasteiger partial charge in [-0.15, -0.1) is 0 Å². The molecule has 0 radical (unpaired) electrons. The van der Waals surface area contributed by atoms with E-state index in [1.807, 2.05) is 6.92 Å². The van der Waals surface area contributed by atoms with E-state index < -0.39 is 21.5 Å². The monoisotopic (exact) mass is 266 g/mol. The van der Waals surface area contributed by atoms with Crippen molar-refractivity contribution >= 4 is 10.1 Å². The third kappa shape index (κ3) is 8.57. The standard InChI is InChI=1S/C12H26O4S/c1-3-5-6-7-8-12(17(14,15)16)10-9-11(13)4-2/h11-13H,3-10H2,1-2H3,(H,14,15,16). The van der Waals surface area contributed by atoms with Gasteiger partial charge in [0, 0.05) is 0 Å². The summed E-state index contributed by atoms with van der Waals surface area (Å²) in [6.45, 7) is 3.95. The largest absolute Gasteiger partial charge is 0.393 e. The normalized spacial score (nSPS) is 15.8. The number of aliphatic hydroxyl groups excluding tert-OH is 1. The van der Waals surface area contributed by atoms with Crippen LogP contribution in [-0.2, 0) is 10.1 Å². The molecule has 0 saturated carbocycles. The lowest BCUT2D eigenvalue weighted by molar-refractivity contribution is 0.156. The molecule has 5 heteroatoms. The Kier molecular flexibility index (Phi) is 8.82. The summed E-state index contributed by atoms with van der Waals surface area (Å²) in [5.74, 6) is 0. The van der Waals surface area contributed by atoms with Gasteiger partial charge in [-0.05, 0) is 25.7 Å². The molecular weight excluding hydrogens is 240 g/mol. The zero-order chi connectivity index (χ0) is 13.3. The quantitative estimate of drug-likeness (QED) is 0.471. The highest BCUT2D eigenvalue weighted by Gasteiger charge is 2.22. The van der Waals surface area contributed by atoms with Crippen LogP contribution in [0.15, 0.2) is 0 Å². The lowest BCUT2D eigenvalue weighted by Gasteiger charge is -2.15. The molecule has 0 spiro atoms. The van der Waals surface area contributed by atoms with Crippen LogP contribution < -0.4 is 0 Å². The summed E-state index contributed by atoms with van der Waals surface area (Å²) in [5.41, 5.74) is 0. The zero-order valence-corrected chi connectivity index (χ0v) is 11.7. The first-order valence-corrected chi connectivity index (χ1v) is 8.06. The summed E-state index contributed by atoms with van der Waals surface area (Å²) in [4.78, 5) is 0. The molecular formula is C12H26O4S. The van der Waals surface area contributed by atoms with Crippen molar-refractivity contribution in [3.63, 3.8) is 0 Å². The van der Waals surface area contributed by atoms with Gasteiger partial charge in [0.15, 0.2) is 0 Å². The van der Waals surface area contributed by atoms with Gasteiger partial charge in [0.1, 0.15) is 0 Å². The fourth-order valence-corrected chi connectivity index (χ4v) is 2.72. The van der Waals surface area contributed by atoms with Crippen molar-refractivity contribution in [2.75, 3.05) is 0 Å². The summed E-state index contributed by atoms with van der Waals surface area (Å²) in [6.07, 6.45) is 5.45. The van der Waals surface area contributed by atoms with Crippen molar-refractivity contribution in [3.05, 3.63) is 0 Å². The van der Waals surface area contributed by atoms with Gasteiger partial charge in [-0.25, -0.2) is 0 Å². The molecule has 2 N–H and O–H groups in total. The summed E-state index contributed by atoms with van der Waals surface area (Å²) in [5, 5.41) is 8.70. The van der Waals surface area contributed by atoms with Crippen LogP contribution in [-0.4, -0.2) is 29.4 Å². The average Bonchev–Trinajstić information content (AvgIpc) is 2.25. The highest BCUT2D eigenvalue weighted by Crippen LogP contribution is 2.18. The number of hydrogen-bond acceptors (Lipinski definition) is 3. The highest BCUT2D eigenvalue weighted by atomic mass is 32.2. The van der Waals surface area contributed by atoms with Crippen LogP contribution in [0.5, 0.6) is 0 Å². The predicted octanol–water partition coefficient (Wildman–Crippen LogP) is 2.76. The Bertz CT molecular complexity index is 274. The fraction of sp³-hybridized carbons (Fsp3) is 1.00. The van der Waals surface area contributed by atoms with Gasteiger partial charge in [-0.1, -0.05) is 39.5 Å². The van der Waals surface area contributed by atoms with Crippen LogP contribution in [0.25, 0.3) is 0 Å². The van der Waals surface area contributed by atoms with Crippen molar-refractivity contribution in [1.82, 2.24) is 0 Å². The average molecular weight is 266 g/mol. The molecule has 0 aliphatic heterocycles. The van der Waals surface area contributed by atoms with E-state index in [4.69, 9.17) is 4.55 Å². The molecule has 0 aliphatic carbocycles. The number of hydrogen-bond donors (Lipinski definition) is 2. The van der Waals surface area contributed by atoms with Gasteiger partial charge in [-0.2, -0.15) is 8.42 Å². The van der Waals surface area contributed by atoms with Gasteiger partial charge in [-0.3, -0.25) is 4.55 Å². The number of unbranched alkanes of at least 4 members (excludes halogenated alkanes) is 3. The van der Waals surface area contributed by atoms with Crippen LogP contribution in [0.2, 0.25) is 0 Å². The van der Waals surface area contributed by atoms with E-state index in [1.165, 1.54) is 0 Å². The Morgan fingerprint density at radius 3 is 2.12 bits per heavy atom. The second-order valence-corrected chi connectivity index (χ2v) is 6.32. The number of aliphatic hydroxyl groups is 1. The van der Waals surface area contributed by atoms with E-state index in [0.717, 1.165) is 25.7 Å². The van der Waals surface area contributed by atoms with Crippen LogP contribution in [0.3, 0.4) is 0 Å². The van der Waals surface area contributed by atoms with Crippen molar-refractivity contribution in [2.24, 2.45) is 0 Å². The van der Waals surface area contributed by atoms with Crippen molar-refractivity contribution in [3.8, 4) is 0 Å². The minimum atomic E-state index is -3.97. The Morgan fingerprint density at radius 1 is 1.00 bits per heavy atom. The Morgan fingerprint density at radius 2 is 1.65 bits per heavy atom. The molecule has 0 saturated heterocycles. The molecule has 2 atom stereocenters. The van der Waals surface area contributed by atoms with Gasteiger partial charge < -0.3 is 5.11 Å². The fourth-order valence-electron chi connectivity index (χ4n) is 1.82. The number of rotatable bonds is 10. The summed E-state index contributed by atoms with van der Waals surface area (Å²) in [7, 11) is -3.97. The van der Waals surface area contributed by atoms with Gasteiger partial charge in [0.25, 0.3) is 10.1 Å². The van der Waals surface area contributed by atoms with Gasteiger partial charge >= 0.3 is 0 Å². The smallest absolute Gasteiger partial charge is 0.267 e. The first kappa shape index (κ1) is 16.9. The Hall–Kier alpha value is -0.130. The molecule has 0 rings (SSSR count). The van der Waals surface area contributed by atoms with Crippen molar-refractivity contribution in [1.29, 1.82) is 0 Å². The molecule has 0 fully saturated rings.